The quantitative estimate of drug-likeness (QED) is 0.199. The van der Waals surface area contributed by atoms with Crippen LogP contribution in [0, 0.1) is 28.8 Å². The van der Waals surface area contributed by atoms with Gasteiger partial charge in [0.2, 0.25) is 0 Å². The molecule has 0 spiro atoms. The zero-order valence-electron chi connectivity index (χ0n) is 24.3. The highest BCUT2D eigenvalue weighted by atomic mass is 19.1. The molecule has 4 rings (SSSR count). The first-order chi connectivity index (χ1) is 20.4. The number of carbonyl (C=O) groups is 1. The van der Waals surface area contributed by atoms with E-state index in [1.165, 1.54) is 0 Å². The van der Waals surface area contributed by atoms with Gasteiger partial charge in [0, 0.05) is 24.2 Å². The van der Waals surface area contributed by atoms with E-state index < -0.39 is 41.2 Å². The van der Waals surface area contributed by atoms with Crippen LogP contribution in [-0.4, -0.2) is 46.2 Å². The second-order valence-electron chi connectivity index (χ2n) is 10.8. The summed E-state index contributed by atoms with van der Waals surface area (Å²) in [5.41, 5.74) is 0.632. The molecule has 0 aliphatic carbocycles. The minimum Gasteiger partial charge on any atom is -0.444 e. The van der Waals surface area contributed by atoms with E-state index in [9.17, 15) is 18.8 Å². The summed E-state index contributed by atoms with van der Waals surface area (Å²) in [6.07, 6.45) is 0.911. The highest BCUT2D eigenvalue weighted by molar-refractivity contribution is 5.83. The van der Waals surface area contributed by atoms with Crippen molar-refractivity contribution in [2.75, 3.05) is 24.4 Å². The number of methoxy groups -OCH3 is 1. The molecule has 2 atom stereocenters. The van der Waals surface area contributed by atoms with Crippen molar-refractivity contribution in [3.8, 4) is 6.07 Å². The molecular formula is C30H32F3N7O3. The molecule has 10 nitrogen and oxygen atoms in total. The normalized spacial score (nSPS) is 12.8. The second-order valence-corrected chi connectivity index (χ2v) is 10.8. The lowest BCUT2D eigenvalue weighted by atomic mass is 10.00. The minimum absolute atomic E-state index is 0.0365. The van der Waals surface area contributed by atoms with Crippen molar-refractivity contribution < 1.29 is 27.4 Å². The molecule has 0 saturated heterocycles. The van der Waals surface area contributed by atoms with E-state index in [1.807, 2.05) is 12.1 Å². The van der Waals surface area contributed by atoms with Crippen LogP contribution in [0.2, 0.25) is 0 Å². The number of hydrogen-bond donors (Lipinski definition) is 3. The molecule has 0 radical (unpaired) electrons. The maximum absolute atomic E-state index is 15.3. The fourth-order valence-corrected chi connectivity index (χ4v) is 4.40. The largest absolute Gasteiger partial charge is 0.444 e. The predicted octanol–water partition coefficient (Wildman–Crippen LogP) is 6.18. The number of rotatable bonds is 10. The van der Waals surface area contributed by atoms with E-state index in [0.29, 0.717) is 24.9 Å². The van der Waals surface area contributed by atoms with Gasteiger partial charge in [-0.2, -0.15) is 10.4 Å². The number of nitrogens with one attached hydrogen (secondary N) is 3. The third-order valence-electron chi connectivity index (χ3n) is 6.29. The number of fused-ring (bicyclic) bond motifs is 1. The lowest BCUT2D eigenvalue weighted by Gasteiger charge is -2.29. The number of pyridine rings is 1. The Morgan fingerprint density at radius 1 is 1.09 bits per heavy atom. The molecule has 0 aliphatic heterocycles. The monoisotopic (exact) mass is 595 g/mol. The third-order valence-corrected chi connectivity index (χ3v) is 6.29. The van der Waals surface area contributed by atoms with Gasteiger partial charge in [0.1, 0.15) is 23.3 Å². The Bertz CT molecular complexity index is 1640. The first-order valence-electron chi connectivity index (χ1n) is 13.4. The smallest absolute Gasteiger partial charge is 0.407 e. The van der Waals surface area contributed by atoms with E-state index in [0.717, 1.165) is 29.1 Å². The second kappa shape index (κ2) is 13.0. The molecule has 43 heavy (non-hydrogen) atoms. The van der Waals surface area contributed by atoms with Gasteiger partial charge in [-0.1, -0.05) is 0 Å². The summed E-state index contributed by atoms with van der Waals surface area (Å²) in [6.45, 7) is 7.68. The van der Waals surface area contributed by atoms with Crippen LogP contribution in [0.15, 0.2) is 48.7 Å². The van der Waals surface area contributed by atoms with Crippen LogP contribution in [-0.2, 0) is 16.0 Å². The van der Waals surface area contributed by atoms with Gasteiger partial charge in [0.05, 0.1) is 42.5 Å². The third kappa shape index (κ3) is 7.92. The van der Waals surface area contributed by atoms with Gasteiger partial charge in [-0.15, -0.1) is 0 Å². The van der Waals surface area contributed by atoms with Crippen molar-refractivity contribution in [1.82, 2.24) is 20.1 Å². The van der Waals surface area contributed by atoms with Gasteiger partial charge in [0.15, 0.2) is 17.5 Å². The average molecular weight is 596 g/mol. The minimum atomic E-state index is -1.06. The van der Waals surface area contributed by atoms with Crippen molar-refractivity contribution in [3.63, 3.8) is 0 Å². The first-order valence-corrected chi connectivity index (χ1v) is 13.4. The van der Waals surface area contributed by atoms with E-state index in [4.69, 9.17) is 9.47 Å². The van der Waals surface area contributed by atoms with Crippen molar-refractivity contribution in [2.45, 2.75) is 51.9 Å². The van der Waals surface area contributed by atoms with Crippen LogP contribution in [0.3, 0.4) is 0 Å². The van der Waals surface area contributed by atoms with E-state index in [2.05, 4.69) is 26.0 Å². The molecule has 13 heteroatoms. The number of ether oxygens (including phenoxy) is 2. The number of carbonyl (C=O) groups excluding carboxylic acids is 1. The fourth-order valence-electron chi connectivity index (χ4n) is 4.40. The maximum Gasteiger partial charge on any atom is 0.407 e. The van der Waals surface area contributed by atoms with Crippen LogP contribution in [0.25, 0.3) is 10.9 Å². The molecular weight excluding hydrogens is 563 g/mol. The summed E-state index contributed by atoms with van der Waals surface area (Å²) < 4.78 is 55.9. The standard InChI is InChI=1S/C30H32F3N7O3/c1-17(36-29(41)43-30(2,3)4)26(18-10-21(31)14-22(32)11-18)38-28-24(33)13-19(15-34)27(39-28)37-23-6-7-25-20(12-23)16-35-40(25)8-9-42-5/h6-7,10-14,16-17,26H,8-9H2,1-5H3,(H,36,41)(H2,37,38,39)/t17-,26-/m0/s1. The summed E-state index contributed by atoms with van der Waals surface area (Å²) in [6, 6.07) is 9.24. The number of nitriles is 1. The van der Waals surface area contributed by atoms with Crippen LogP contribution in [0.4, 0.5) is 35.3 Å². The highest BCUT2D eigenvalue weighted by Gasteiger charge is 2.27. The highest BCUT2D eigenvalue weighted by Crippen LogP contribution is 2.30. The number of hydrogen-bond acceptors (Lipinski definition) is 8. The lowest BCUT2D eigenvalue weighted by Crippen LogP contribution is -2.42. The van der Waals surface area contributed by atoms with Crippen LogP contribution in [0.1, 0.15) is 44.9 Å². The summed E-state index contributed by atoms with van der Waals surface area (Å²) in [5.74, 6) is -2.88. The summed E-state index contributed by atoms with van der Waals surface area (Å²) in [4.78, 5) is 16.8. The Labute approximate surface area is 246 Å². The molecule has 0 bridgehead atoms. The van der Waals surface area contributed by atoms with Crippen molar-refractivity contribution in [1.29, 1.82) is 5.26 Å². The van der Waals surface area contributed by atoms with Crippen LogP contribution >= 0.6 is 0 Å². The number of amides is 1. The lowest BCUT2D eigenvalue weighted by molar-refractivity contribution is 0.0503. The van der Waals surface area contributed by atoms with Crippen LogP contribution < -0.4 is 16.0 Å². The molecule has 0 unspecified atom stereocenters. The Morgan fingerprint density at radius 3 is 2.47 bits per heavy atom. The Hall–Kier alpha value is -4.83. The number of benzene rings is 2. The molecule has 2 aromatic heterocycles. The molecule has 2 aromatic carbocycles. The Kier molecular flexibility index (Phi) is 9.40. The predicted molar refractivity (Wildman–Crippen MR) is 155 cm³/mol. The van der Waals surface area contributed by atoms with Crippen LogP contribution in [0.5, 0.6) is 0 Å². The van der Waals surface area contributed by atoms with Gasteiger partial charge < -0.3 is 25.4 Å². The van der Waals surface area contributed by atoms with Gasteiger partial charge in [0.25, 0.3) is 0 Å². The van der Waals surface area contributed by atoms with Gasteiger partial charge >= 0.3 is 6.09 Å². The molecule has 3 N–H and O–H groups in total. The number of nitrogens with zero attached hydrogens (tertiary/aromatic N) is 4. The molecule has 4 aromatic rings. The zero-order valence-corrected chi connectivity index (χ0v) is 24.3. The summed E-state index contributed by atoms with van der Waals surface area (Å²) >= 11 is 0. The molecule has 226 valence electrons. The summed E-state index contributed by atoms with van der Waals surface area (Å²) in [5, 5.41) is 23.4. The Balaban J connectivity index is 1.66. The average Bonchev–Trinajstić information content (AvgIpc) is 3.32. The topological polar surface area (TPSA) is 126 Å². The molecule has 1 amide bonds. The summed E-state index contributed by atoms with van der Waals surface area (Å²) in [7, 11) is 1.61. The fraction of sp³-hybridized carbons (Fsp3) is 0.333. The van der Waals surface area contributed by atoms with Crippen molar-refractivity contribution >= 4 is 34.3 Å². The molecule has 0 fully saturated rings. The number of aromatic nitrogens is 3. The van der Waals surface area contributed by atoms with Crippen molar-refractivity contribution in [2.24, 2.45) is 0 Å². The van der Waals surface area contributed by atoms with Gasteiger partial charge in [-0.3, -0.25) is 4.68 Å². The SMILES string of the molecule is COCCn1ncc2cc(Nc3nc(N[C@H](c4cc(F)cc(F)c4)[C@H](C)NC(=O)OC(C)(C)C)c(F)cc3C#N)ccc21. The van der Waals surface area contributed by atoms with Gasteiger partial charge in [-0.05, 0) is 69.7 Å². The molecule has 0 saturated carbocycles. The van der Waals surface area contributed by atoms with E-state index in [-0.39, 0.29) is 22.8 Å². The van der Waals surface area contributed by atoms with E-state index >= 15 is 4.39 Å². The van der Waals surface area contributed by atoms with Crippen molar-refractivity contribution in [3.05, 3.63) is 77.2 Å². The molecule has 2 heterocycles. The van der Waals surface area contributed by atoms with E-state index in [1.54, 1.807) is 57.8 Å². The molecule has 0 aliphatic rings. The number of anilines is 3. The first kappa shape index (κ1) is 31.1. The van der Waals surface area contributed by atoms with Gasteiger partial charge in [-0.25, -0.2) is 22.9 Å². The zero-order chi connectivity index (χ0) is 31.3. The Morgan fingerprint density at radius 2 is 1.81 bits per heavy atom. The number of alkyl carbamates (subject to hydrolysis) is 1. The number of halogens is 3. The maximum atomic E-state index is 15.3.